The zero-order valence-electron chi connectivity index (χ0n) is 11.6. The number of aromatic nitrogens is 2. The van der Waals surface area contributed by atoms with Gasteiger partial charge in [0, 0.05) is 19.2 Å². The van der Waals surface area contributed by atoms with Gasteiger partial charge in [-0.05, 0) is 18.5 Å². The summed E-state index contributed by atoms with van der Waals surface area (Å²) in [6.07, 6.45) is 1.93. The van der Waals surface area contributed by atoms with Gasteiger partial charge >= 0.3 is 0 Å². The predicted octanol–water partition coefficient (Wildman–Crippen LogP) is 2.93. The van der Waals surface area contributed by atoms with Crippen LogP contribution < -0.4 is 5.32 Å². The van der Waals surface area contributed by atoms with Gasteiger partial charge in [0.05, 0.1) is 11.9 Å². The molecule has 0 atom stereocenters. The molecule has 0 aliphatic carbocycles. The first-order valence-corrected chi connectivity index (χ1v) is 6.39. The molecule has 1 aromatic carbocycles. The van der Waals surface area contributed by atoms with E-state index >= 15 is 0 Å². The highest BCUT2D eigenvalue weighted by atomic mass is 15.1. The summed E-state index contributed by atoms with van der Waals surface area (Å²) in [5, 5.41) is 3.15. The largest absolute Gasteiger partial charge is 0.330 e. The molecule has 0 bridgehead atoms. The molecule has 0 aliphatic heterocycles. The highest BCUT2D eigenvalue weighted by molar-refractivity contribution is 5.56. The second kappa shape index (κ2) is 5.36. The van der Waals surface area contributed by atoms with E-state index in [-0.39, 0.29) is 0 Å². The lowest BCUT2D eigenvalue weighted by Crippen LogP contribution is -2.09. The maximum absolute atomic E-state index is 4.50. The Kier molecular flexibility index (Phi) is 3.82. The molecule has 1 N–H and O–H groups in total. The molecule has 0 unspecified atom stereocenters. The van der Waals surface area contributed by atoms with Crippen LogP contribution in [0.25, 0.3) is 11.4 Å². The summed E-state index contributed by atoms with van der Waals surface area (Å²) in [5.41, 5.74) is 3.73. The van der Waals surface area contributed by atoms with Gasteiger partial charge < -0.3 is 9.88 Å². The summed E-state index contributed by atoms with van der Waals surface area (Å²) in [5.74, 6) is 1.59. The molecule has 0 aliphatic rings. The molecule has 2 rings (SSSR count). The lowest BCUT2D eigenvalue weighted by Gasteiger charge is -2.08. The maximum Gasteiger partial charge on any atom is 0.139 e. The molecule has 3 nitrogen and oxygen atoms in total. The van der Waals surface area contributed by atoms with E-state index in [0.717, 1.165) is 12.4 Å². The van der Waals surface area contributed by atoms with Crippen LogP contribution in [0.1, 0.15) is 31.0 Å². The zero-order chi connectivity index (χ0) is 13.1. The van der Waals surface area contributed by atoms with Gasteiger partial charge in [-0.2, -0.15) is 0 Å². The van der Waals surface area contributed by atoms with Crippen molar-refractivity contribution < 1.29 is 0 Å². The summed E-state index contributed by atoms with van der Waals surface area (Å²) < 4.78 is 2.14. The summed E-state index contributed by atoms with van der Waals surface area (Å²) in [4.78, 5) is 4.50. The molecular formula is C15H21N3. The number of benzene rings is 1. The molecule has 3 heteroatoms. The Labute approximate surface area is 109 Å². The zero-order valence-corrected chi connectivity index (χ0v) is 11.6. The lowest BCUT2D eigenvalue weighted by atomic mass is 10.0. The van der Waals surface area contributed by atoms with E-state index < -0.39 is 0 Å². The van der Waals surface area contributed by atoms with E-state index in [2.05, 4.69) is 60.0 Å². The first-order chi connectivity index (χ1) is 8.63. The number of imidazole rings is 1. The van der Waals surface area contributed by atoms with Gasteiger partial charge in [-0.15, -0.1) is 0 Å². The number of nitrogens with one attached hydrogen (secondary N) is 1. The Balaban J connectivity index is 2.31. The standard InChI is InChI=1S/C15H21N3/c1-11(2)12-5-7-13(8-6-12)15-17-10-14(9-16-3)18(15)4/h5-8,10-11,16H,9H2,1-4H3. The van der Waals surface area contributed by atoms with Gasteiger partial charge in [0.25, 0.3) is 0 Å². The van der Waals surface area contributed by atoms with Crippen LogP contribution in [0.15, 0.2) is 30.5 Å². The van der Waals surface area contributed by atoms with E-state index in [0.29, 0.717) is 5.92 Å². The summed E-state index contributed by atoms with van der Waals surface area (Å²) in [6.45, 7) is 5.26. The third-order valence-electron chi connectivity index (χ3n) is 3.28. The van der Waals surface area contributed by atoms with Crippen LogP contribution in [0.3, 0.4) is 0 Å². The number of rotatable bonds is 4. The third kappa shape index (κ3) is 2.46. The summed E-state index contributed by atoms with van der Waals surface area (Å²) in [6, 6.07) is 8.68. The van der Waals surface area contributed by atoms with Gasteiger partial charge in [-0.25, -0.2) is 4.98 Å². The van der Waals surface area contributed by atoms with Crippen LogP contribution in [-0.4, -0.2) is 16.6 Å². The second-order valence-electron chi connectivity index (χ2n) is 4.94. The highest BCUT2D eigenvalue weighted by Crippen LogP contribution is 2.22. The average Bonchev–Trinajstić information content (AvgIpc) is 2.72. The first kappa shape index (κ1) is 12.8. The molecule has 0 saturated carbocycles. The topological polar surface area (TPSA) is 29.9 Å². The molecule has 96 valence electrons. The maximum atomic E-state index is 4.50. The van der Waals surface area contributed by atoms with Crippen LogP contribution in [0.5, 0.6) is 0 Å². The molecule has 0 radical (unpaired) electrons. The van der Waals surface area contributed by atoms with Gasteiger partial charge in [0.15, 0.2) is 0 Å². The van der Waals surface area contributed by atoms with Crippen molar-refractivity contribution in [3.8, 4) is 11.4 Å². The smallest absolute Gasteiger partial charge is 0.139 e. The van der Waals surface area contributed by atoms with E-state index in [9.17, 15) is 0 Å². The van der Waals surface area contributed by atoms with Crippen molar-refractivity contribution in [3.05, 3.63) is 41.7 Å². The van der Waals surface area contributed by atoms with Crippen LogP contribution in [0.2, 0.25) is 0 Å². The van der Waals surface area contributed by atoms with Gasteiger partial charge in [0.2, 0.25) is 0 Å². The average molecular weight is 243 g/mol. The molecule has 1 heterocycles. The Hall–Kier alpha value is -1.61. The molecule has 0 fully saturated rings. The van der Waals surface area contributed by atoms with Crippen molar-refractivity contribution in [1.82, 2.24) is 14.9 Å². The van der Waals surface area contributed by atoms with Crippen molar-refractivity contribution in [1.29, 1.82) is 0 Å². The molecule has 2 aromatic rings. The number of nitrogens with zero attached hydrogens (tertiary/aromatic N) is 2. The Morgan fingerprint density at radius 2 is 1.89 bits per heavy atom. The van der Waals surface area contributed by atoms with Crippen LogP contribution in [-0.2, 0) is 13.6 Å². The number of hydrogen-bond acceptors (Lipinski definition) is 2. The Morgan fingerprint density at radius 1 is 1.22 bits per heavy atom. The molecular weight excluding hydrogens is 222 g/mol. The van der Waals surface area contributed by atoms with Crippen molar-refractivity contribution in [2.24, 2.45) is 7.05 Å². The fourth-order valence-electron chi connectivity index (χ4n) is 2.08. The lowest BCUT2D eigenvalue weighted by molar-refractivity contribution is 0.737. The van der Waals surface area contributed by atoms with Crippen molar-refractivity contribution in [3.63, 3.8) is 0 Å². The van der Waals surface area contributed by atoms with E-state index in [1.165, 1.54) is 16.8 Å². The van der Waals surface area contributed by atoms with Crippen LogP contribution in [0, 0.1) is 0 Å². The minimum absolute atomic E-state index is 0.570. The minimum atomic E-state index is 0.570. The van der Waals surface area contributed by atoms with E-state index in [1.54, 1.807) is 0 Å². The molecule has 0 amide bonds. The predicted molar refractivity (Wildman–Crippen MR) is 75.5 cm³/mol. The van der Waals surface area contributed by atoms with Crippen molar-refractivity contribution >= 4 is 0 Å². The fraction of sp³-hybridized carbons (Fsp3) is 0.400. The molecule has 1 aromatic heterocycles. The van der Waals surface area contributed by atoms with Crippen LogP contribution in [0.4, 0.5) is 0 Å². The van der Waals surface area contributed by atoms with Crippen LogP contribution >= 0.6 is 0 Å². The SMILES string of the molecule is CNCc1cnc(-c2ccc(C(C)C)cc2)n1C. The minimum Gasteiger partial charge on any atom is -0.330 e. The van der Waals surface area contributed by atoms with Gasteiger partial charge in [-0.1, -0.05) is 38.1 Å². The second-order valence-corrected chi connectivity index (χ2v) is 4.94. The third-order valence-corrected chi connectivity index (χ3v) is 3.28. The molecule has 0 saturated heterocycles. The molecule has 18 heavy (non-hydrogen) atoms. The fourth-order valence-corrected chi connectivity index (χ4v) is 2.08. The number of hydrogen-bond donors (Lipinski definition) is 1. The summed E-state index contributed by atoms with van der Waals surface area (Å²) >= 11 is 0. The summed E-state index contributed by atoms with van der Waals surface area (Å²) in [7, 11) is 4.01. The highest BCUT2D eigenvalue weighted by Gasteiger charge is 2.08. The Bertz CT molecular complexity index is 509. The van der Waals surface area contributed by atoms with Gasteiger partial charge in [0.1, 0.15) is 5.82 Å². The Morgan fingerprint density at radius 3 is 2.44 bits per heavy atom. The van der Waals surface area contributed by atoms with E-state index in [4.69, 9.17) is 0 Å². The van der Waals surface area contributed by atoms with E-state index in [1.807, 2.05) is 13.2 Å². The quantitative estimate of drug-likeness (QED) is 0.894. The normalized spacial score (nSPS) is 11.2. The van der Waals surface area contributed by atoms with Crippen molar-refractivity contribution in [2.45, 2.75) is 26.3 Å². The first-order valence-electron chi connectivity index (χ1n) is 6.39. The molecule has 0 spiro atoms. The van der Waals surface area contributed by atoms with Gasteiger partial charge in [-0.3, -0.25) is 0 Å². The van der Waals surface area contributed by atoms with Crippen molar-refractivity contribution in [2.75, 3.05) is 7.05 Å². The monoisotopic (exact) mass is 243 g/mol.